The van der Waals surface area contributed by atoms with E-state index in [1.807, 2.05) is 24.3 Å². The van der Waals surface area contributed by atoms with Crippen molar-refractivity contribution in [1.82, 2.24) is 0 Å². The van der Waals surface area contributed by atoms with E-state index in [-0.39, 0.29) is 12.1 Å². The van der Waals surface area contributed by atoms with Gasteiger partial charge in [0.1, 0.15) is 0 Å². The summed E-state index contributed by atoms with van der Waals surface area (Å²) in [6.07, 6.45) is 2.07. The molecule has 0 spiro atoms. The Hall–Kier alpha value is -0.730. The molecule has 2 N–H and O–H groups in total. The van der Waals surface area contributed by atoms with Gasteiger partial charge in [0.25, 0.3) is 0 Å². The Morgan fingerprint density at radius 3 is 2.47 bits per heavy atom. The number of hydrogen-bond donors (Lipinski definition) is 2. The number of aliphatic hydroxyl groups is 1. The molecule has 0 radical (unpaired) electrons. The van der Waals surface area contributed by atoms with Crippen molar-refractivity contribution in [2.75, 3.05) is 11.9 Å². The summed E-state index contributed by atoms with van der Waals surface area (Å²) in [5.41, 5.74) is 0.924. The molecule has 0 bridgehead atoms. The minimum Gasteiger partial charge on any atom is -0.394 e. The van der Waals surface area contributed by atoms with Gasteiger partial charge in [-0.15, -0.1) is 0 Å². The average molecular weight is 226 g/mol. The maximum Gasteiger partial charge on any atom is 0.0661 e. The molecule has 15 heavy (non-hydrogen) atoms. The lowest BCUT2D eigenvalue weighted by Gasteiger charge is -2.46. The Balaban J connectivity index is 2.04. The lowest BCUT2D eigenvalue weighted by molar-refractivity contribution is 0.0992. The maximum absolute atomic E-state index is 9.38. The molecule has 0 aliphatic heterocycles. The lowest BCUT2D eigenvalue weighted by atomic mass is 9.69. The molecule has 2 nitrogen and oxygen atoms in total. The number of nitrogens with one attached hydrogen (secondary N) is 1. The number of hydrogen-bond acceptors (Lipinski definition) is 2. The van der Waals surface area contributed by atoms with E-state index in [0.717, 1.165) is 23.6 Å². The Labute approximate surface area is 95.3 Å². The Morgan fingerprint density at radius 2 is 2.00 bits per heavy atom. The van der Waals surface area contributed by atoms with Crippen molar-refractivity contribution < 1.29 is 5.11 Å². The number of halogens is 1. The highest BCUT2D eigenvalue weighted by atomic mass is 35.5. The van der Waals surface area contributed by atoms with Crippen LogP contribution >= 0.6 is 11.6 Å². The van der Waals surface area contributed by atoms with Crippen molar-refractivity contribution >= 4 is 17.3 Å². The predicted octanol–water partition coefficient (Wildman–Crippen LogP) is 2.91. The fourth-order valence-corrected chi connectivity index (χ4v) is 2.51. The van der Waals surface area contributed by atoms with Crippen LogP contribution in [0.4, 0.5) is 5.69 Å². The van der Waals surface area contributed by atoms with E-state index < -0.39 is 0 Å². The van der Waals surface area contributed by atoms with Crippen molar-refractivity contribution in [3.8, 4) is 0 Å². The number of aliphatic hydroxyl groups excluding tert-OH is 1. The van der Waals surface area contributed by atoms with E-state index in [0.29, 0.717) is 5.92 Å². The van der Waals surface area contributed by atoms with Gasteiger partial charge in [0.15, 0.2) is 0 Å². The van der Waals surface area contributed by atoms with Crippen LogP contribution in [-0.2, 0) is 0 Å². The first kappa shape index (κ1) is 10.8. The van der Waals surface area contributed by atoms with Gasteiger partial charge in [-0.25, -0.2) is 0 Å². The van der Waals surface area contributed by atoms with Crippen molar-refractivity contribution in [3.63, 3.8) is 0 Å². The van der Waals surface area contributed by atoms with Crippen LogP contribution in [0.2, 0.25) is 5.02 Å². The smallest absolute Gasteiger partial charge is 0.0661 e. The molecule has 82 valence electrons. The van der Waals surface area contributed by atoms with Gasteiger partial charge in [0.2, 0.25) is 0 Å². The van der Waals surface area contributed by atoms with Crippen LogP contribution in [0.1, 0.15) is 19.8 Å². The second-order valence-electron chi connectivity index (χ2n) is 4.58. The zero-order valence-corrected chi connectivity index (χ0v) is 9.59. The Kier molecular flexibility index (Phi) is 2.89. The third-order valence-corrected chi connectivity index (χ3v) is 3.29. The van der Waals surface area contributed by atoms with E-state index in [1.54, 1.807) is 0 Å². The summed E-state index contributed by atoms with van der Waals surface area (Å²) >= 11 is 5.81. The molecule has 3 heteroatoms. The van der Waals surface area contributed by atoms with Gasteiger partial charge in [-0.3, -0.25) is 0 Å². The Bertz CT molecular complexity index is 330. The van der Waals surface area contributed by atoms with E-state index in [9.17, 15) is 5.11 Å². The molecular formula is C12H16ClNO. The highest BCUT2D eigenvalue weighted by Gasteiger charge is 2.41. The topological polar surface area (TPSA) is 32.3 Å². The van der Waals surface area contributed by atoms with E-state index >= 15 is 0 Å². The monoisotopic (exact) mass is 225 g/mol. The van der Waals surface area contributed by atoms with Crippen LogP contribution in [0.5, 0.6) is 0 Å². The highest BCUT2D eigenvalue weighted by molar-refractivity contribution is 6.30. The van der Waals surface area contributed by atoms with Gasteiger partial charge in [-0.05, 0) is 43.0 Å². The summed E-state index contributed by atoms with van der Waals surface area (Å²) in [5, 5.41) is 13.5. The summed E-state index contributed by atoms with van der Waals surface area (Å²) in [6.45, 7) is 2.40. The molecule has 1 fully saturated rings. The third kappa shape index (κ3) is 2.27. The minimum atomic E-state index is -0.104. The minimum absolute atomic E-state index is 0.104. The third-order valence-electron chi connectivity index (χ3n) is 3.03. The molecule has 1 aromatic carbocycles. The molecule has 0 aromatic heterocycles. The van der Waals surface area contributed by atoms with Gasteiger partial charge >= 0.3 is 0 Å². The van der Waals surface area contributed by atoms with Crippen LogP contribution in [0, 0.1) is 5.92 Å². The molecule has 1 aliphatic carbocycles. The molecular weight excluding hydrogens is 210 g/mol. The van der Waals surface area contributed by atoms with Gasteiger partial charge in [-0.1, -0.05) is 18.5 Å². The molecule has 2 rings (SSSR count). The molecule has 0 amide bonds. The van der Waals surface area contributed by atoms with Gasteiger partial charge in [0.05, 0.1) is 12.1 Å². The largest absolute Gasteiger partial charge is 0.394 e. The normalized spacial score (nSPS) is 29.7. The highest BCUT2D eigenvalue weighted by Crippen LogP contribution is 2.39. The van der Waals surface area contributed by atoms with Crippen molar-refractivity contribution in [2.45, 2.75) is 25.3 Å². The summed E-state index contributed by atoms with van der Waals surface area (Å²) in [6, 6.07) is 7.61. The summed E-state index contributed by atoms with van der Waals surface area (Å²) in [5.74, 6) is 0.706. The first-order valence-corrected chi connectivity index (χ1v) is 5.66. The zero-order chi connectivity index (χ0) is 10.9. The van der Waals surface area contributed by atoms with E-state index in [1.165, 1.54) is 0 Å². The van der Waals surface area contributed by atoms with Crippen molar-refractivity contribution in [1.29, 1.82) is 0 Å². The van der Waals surface area contributed by atoms with Gasteiger partial charge in [0, 0.05) is 10.7 Å². The molecule has 1 saturated carbocycles. The fourth-order valence-electron chi connectivity index (χ4n) is 2.38. The van der Waals surface area contributed by atoms with Gasteiger partial charge < -0.3 is 10.4 Å². The second kappa shape index (κ2) is 4.03. The summed E-state index contributed by atoms with van der Waals surface area (Å²) in [4.78, 5) is 0. The number of benzene rings is 1. The van der Waals surface area contributed by atoms with E-state index in [4.69, 9.17) is 11.6 Å². The standard InChI is InChI=1S/C12H16ClNO/c1-9-6-12(7-9,8-15)14-11-4-2-10(13)3-5-11/h2-5,9,14-15H,6-8H2,1H3. The van der Waals surface area contributed by atoms with Crippen molar-refractivity contribution in [2.24, 2.45) is 5.92 Å². The van der Waals surface area contributed by atoms with Crippen LogP contribution in [0.15, 0.2) is 24.3 Å². The van der Waals surface area contributed by atoms with Crippen LogP contribution < -0.4 is 5.32 Å². The fraction of sp³-hybridized carbons (Fsp3) is 0.500. The van der Waals surface area contributed by atoms with Gasteiger partial charge in [-0.2, -0.15) is 0 Å². The Morgan fingerprint density at radius 1 is 1.40 bits per heavy atom. The van der Waals surface area contributed by atoms with Crippen molar-refractivity contribution in [3.05, 3.63) is 29.3 Å². The zero-order valence-electron chi connectivity index (χ0n) is 8.83. The quantitative estimate of drug-likeness (QED) is 0.829. The number of rotatable bonds is 3. The molecule has 1 aliphatic rings. The molecule has 1 aromatic rings. The first-order chi connectivity index (χ1) is 7.13. The average Bonchev–Trinajstić information content (AvgIpc) is 2.18. The second-order valence-corrected chi connectivity index (χ2v) is 5.02. The lowest BCUT2D eigenvalue weighted by Crippen LogP contribution is -2.52. The molecule has 0 unspecified atom stereocenters. The molecule has 0 atom stereocenters. The first-order valence-electron chi connectivity index (χ1n) is 5.28. The predicted molar refractivity (Wildman–Crippen MR) is 63.3 cm³/mol. The van der Waals surface area contributed by atoms with E-state index in [2.05, 4.69) is 12.2 Å². The SMILES string of the molecule is CC1CC(CO)(Nc2ccc(Cl)cc2)C1. The summed E-state index contributed by atoms with van der Waals surface area (Å²) in [7, 11) is 0. The van der Waals surface area contributed by atoms with Crippen LogP contribution in [-0.4, -0.2) is 17.3 Å². The number of anilines is 1. The molecule has 0 saturated heterocycles. The summed E-state index contributed by atoms with van der Waals surface area (Å²) < 4.78 is 0. The molecule has 0 heterocycles. The van der Waals surface area contributed by atoms with Crippen LogP contribution in [0.3, 0.4) is 0 Å². The van der Waals surface area contributed by atoms with Crippen LogP contribution in [0.25, 0.3) is 0 Å². The maximum atomic E-state index is 9.38.